The van der Waals surface area contributed by atoms with Crippen molar-refractivity contribution in [2.24, 2.45) is 5.92 Å². The van der Waals surface area contributed by atoms with Crippen LogP contribution in [-0.4, -0.2) is 54.8 Å². The molecule has 8 nitrogen and oxygen atoms in total. The number of anilines is 1. The fraction of sp³-hybridized carbons (Fsp3) is 0.545. The van der Waals surface area contributed by atoms with E-state index in [-0.39, 0.29) is 30.1 Å². The molecule has 0 saturated carbocycles. The quantitative estimate of drug-likeness (QED) is 0.582. The zero-order valence-electron chi connectivity index (χ0n) is 17.2. The molecule has 3 aliphatic heterocycles. The molecule has 0 spiro atoms. The van der Waals surface area contributed by atoms with Gasteiger partial charge in [-0.25, -0.2) is 0 Å². The number of benzene rings is 1. The van der Waals surface area contributed by atoms with Crippen molar-refractivity contribution in [3.63, 3.8) is 0 Å². The third-order valence-electron chi connectivity index (χ3n) is 6.50. The lowest BCUT2D eigenvalue weighted by atomic mass is 9.91. The molecule has 3 amide bonds. The molecule has 2 saturated heterocycles. The van der Waals surface area contributed by atoms with E-state index in [1.807, 2.05) is 18.2 Å². The fourth-order valence-electron chi connectivity index (χ4n) is 4.75. The zero-order valence-corrected chi connectivity index (χ0v) is 17.2. The van der Waals surface area contributed by atoms with Crippen LogP contribution >= 0.6 is 0 Å². The van der Waals surface area contributed by atoms with Gasteiger partial charge in [0.25, 0.3) is 5.91 Å². The van der Waals surface area contributed by atoms with Gasteiger partial charge < -0.3 is 14.5 Å². The van der Waals surface area contributed by atoms with Crippen molar-refractivity contribution in [1.29, 1.82) is 0 Å². The second-order valence-corrected chi connectivity index (χ2v) is 8.25. The smallest absolute Gasteiger partial charge is 0.305 e. The van der Waals surface area contributed by atoms with Crippen LogP contribution in [0, 0.1) is 5.92 Å². The number of ether oxygens (including phenoxy) is 1. The third kappa shape index (κ3) is 3.91. The Hall–Kier alpha value is -2.90. The maximum atomic E-state index is 13.0. The van der Waals surface area contributed by atoms with Gasteiger partial charge in [0.05, 0.1) is 7.11 Å². The summed E-state index contributed by atoms with van der Waals surface area (Å²) in [6.07, 6.45) is 3.90. The summed E-state index contributed by atoms with van der Waals surface area (Å²) in [5.41, 5.74) is 2.65. The maximum Gasteiger partial charge on any atom is 0.305 e. The highest BCUT2D eigenvalue weighted by Crippen LogP contribution is 2.36. The molecule has 160 valence electrons. The van der Waals surface area contributed by atoms with E-state index < -0.39 is 6.04 Å². The number of carbonyl (C=O) groups is 4. The molecule has 1 atom stereocenters. The Morgan fingerprint density at radius 2 is 1.93 bits per heavy atom. The summed E-state index contributed by atoms with van der Waals surface area (Å²) in [6.45, 7) is 2.13. The summed E-state index contributed by atoms with van der Waals surface area (Å²) in [5, 5.41) is 2.35. The van der Waals surface area contributed by atoms with Crippen molar-refractivity contribution in [1.82, 2.24) is 10.2 Å². The number of imide groups is 1. The minimum Gasteiger partial charge on any atom is -0.469 e. The minimum absolute atomic E-state index is 0.144. The van der Waals surface area contributed by atoms with Gasteiger partial charge in [-0.2, -0.15) is 0 Å². The van der Waals surface area contributed by atoms with Gasteiger partial charge in [-0.1, -0.05) is 6.07 Å². The number of fused-ring (bicyclic) bond motifs is 1. The predicted octanol–water partition coefficient (Wildman–Crippen LogP) is 1.62. The van der Waals surface area contributed by atoms with Gasteiger partial charge in [0.1, 0.15) is 6.04 Å². The van der Waals surface area contributed by atoms with Gasteiger partial charge in [0.2, 0.25) is 11.8 Å². The van der Waals surface area contributed by atoms with Crippen LogP contribution in [-0.2, 0) is 25.7 Å². The van der Waals surface area contributed by atoms with Gasteiger partial charge in [-0.3, -0.25) is 24.5 Å². The Balaban J connectivity index is 1.44. The summed E-state index contributed by atoms with van der Waals surface area (Å²) in [6, 6.07) is 5.15. The van der Waals surface area contributed by atoms with Crippen LogP contribution in [0.3, 0.4) is 0 Å². The SMILES string of the molecule is COC(=O)CCC1CCN(c2cccc3c2CN(C2CCC(=O)NC2=O)C3=O)CC1. The lowest BCUT2D eigenvalue weighted by Crippen LogP contribution is -2.52. The van der Waals surface area contributed by atoms with E-state index in [2.05, 4.69) is 10.2 Å². The monoisotopic (exact) mass is 413 g/mol. The normalized spacial score (nSPS) is 22.2. The van der Waals surface area contributed by atoms with Crippen LogP contribution in [0.25, 0.3) is 0 Å². The van der Waals surface area contributed by atoms with Gasteiger partial charge >= 0.3 is 5.97 Å². The number of esters is 1. The molecule has 1 aromatic rings. The Kier molecular flexibility index (Phi) is 5.74. The first-order valence-corrected chi connectivity index (χ1v) is 10.6. The fourth-order valence-corrected chi connectivity index (χ4v) is 4.75. The molecule has 0 bridgehead atoms. The molecule has 4 rings (SSSR count). The maximum absolute atomic E-state index is 13.0. The van der Waals surface area contributed by atoms with Crippen LogP contribution in [0.4, 0.5) is 5.69 Å². The number of hydrogen-bond donors (Lipinski definition) is 1. The molecule has 0 radical (unpaired) electrons. The Morgan fingerprint density at radius 1 is 1.17 bits per heavy atom. The highest BCUT2D eigenvalue weighted by molar-refractivity contribution is 6.06. The zero-order chi connectivity index (χ0) is 21.3. The highest BCUT2D eigenvalue weighted by Gasteiger charge is 2.40. The van der Waals surface area contributed by atoms with Gasteiger partial charge in [0.15, 0.2) is 0 Å². The number of piperidine rings is 2. The molecule has 0 aliphatic carbocycles. The summed E-state index contributed by atoms with van der Waals surface area (Å²) >= 11 is 0. The second-order valence-electron chi connectivity index (χ2n) is 8.25. The van der Waals surface area contributed by atoms with E-state index in [0.717, 1.165) is 43.6 Å². The molecule has 1 N–H and O–H groups in total. The summed E-state index contributed by atoms with van der Waals surface area (Å²) in [7, 11) is 1.42. The first-order chi connectivity index (χ1) is 14.5. The van der Waals surface area contributed by atoms with E-state index in [1.165, 1.54) is 7.11 Å². The minimum atomic E-state index is -0.598. The van der Waals surface area contributed by atoms with E-state index in [4.69, 9.17) is 4.74 Å². The van der Waals surface area contributed by atoms with Crippen molar-refractivity contribution >= 4 is 29.4 Å². The summed E-state index contributed by atoms with van der Waals surface area (Å²) < 4.78 is 4.73. The van der Waals surface area contributed by atoms with Gasteiger partial charge in [-0.05, 0) is 43.7 Å². The van der Waals surface area contributed by atoms with E-state index >= 15 is 0 Å². The van der Waals surface area contributed by atoms with E-state index in [1.54, 1.807) is 4.90 Å². The molecular weight excluding hydrogens is 386 g/mol. The molecule has 1 aromatic carbocycles. The van der Waals surface area contributed by atoms with Crippen molar-refractivity contribution < 1.29 is 23.9 Å². The lowest BCUT2D eigenvalue weighted by Gasteiger charge is -2.35. The number of amides is 3. The Morgan fingerprint density at radius 3 is 2.63 bits per heavy atom. The number of hydrogen-bond acceptors (Lipinski definition) is 6. The van der Waals surface area contributed by atoms with E-state index in [0.29, 0.717) is 30.9 Å². The van der Waals surface area contributed by atoms with Crippen molar-refractivity contribution in [2.45, 2.75) is 51.1 Å². The molecule has 1 unspecified atom stereocenters. The first-order valence-electron chi connectivity index (χ1n) is 10.6. The van der Waals surface area contributed by atoms with Crippen LogP contribution in [0.2, 0.25) is 0 Å². The van der Waals surface area contributed by atoms with Gasteiger partial charge in [0, 0.05) is 49.3 Å². The molecule has 8 heteroatoms. The molecule has 3 heterocycles. The number of nitrogens with one attached hydrogen (secondary N) is 1. The van der Waals surface area contributed by atoms with Gasteiger partial charge in [-0.15, -0.1) is 0 Å². The first kappa shape index (κ1) is 20.4. The molecule has 0 aromatic heterocycles. The topological polar surface area (TPSA) is 96.0 Å². The Labute approximate surface area is 175 Å². The standard InChI is InChI=1S/C22H27N3O5/c1-30-20(27)8-5-14-9-11-24(12-10-14)17-4-2-3-15-16(17)13-25(22(15)29)18-6-7-19(26)23-21(18)28/h2-4,14,18H,5-13H2,1H3,(H,23,26,28). The largest absolute Gasteiger partial charge is 0.469 e. The molecule has 30 heavy (non-hydrogen) atoms. The van der Waals surface area contributed by atoms with E-state index in [9.17, 15) is 19.2 Å². The molecule has 3 aliphatic rings. The van der Waals surface area contributed by atoms with Crippen molar-refractivity contribution in [2.75, 3.05) is 25.1 Å². The third-order valence-corrected chi connectivity index (χ3v) is 6.50. The number of methoxy groups -OCH3 is 1. The van der Waals surface area contributed by atoms with Crippen LogP contribution in [0.5, 0.6) is 0 Å². The number of rotatable bonds is 5. The number of carbonyl (C=O) groups excluding carboxylic acids is 4. The second kappa shape index (κ2) is 8.45. The lowest BCUT2D eigenvalue weighted by molar-refractivity contribution is -0.141. The van der Waals surface area contributed by atoms with Crippen LogP contribution in [0.1, 0.15) is 54.4 Å². The summed E-state index contributed by atoms with van der Waals surface area (Å²) in [5.74, 6) is -0.477. The van der Waals surface area contributed by atoms with Crippen LogP contribution in [0.15, 0.2) is 18.2 Å². The van der Waals surface area contributed by atoms with Crippen LogP contribution < -0.4 is 10.2 Å². The Bertz CT molecular complexity index is 876. The molecular formula is C22H27N3O5. The summed E-state index contributed by atoms with van der Waals surface area (Å²) in [4.78, 5) is 52.0. The highest BCUT2D eigenvalue weighted by atomic mass is 16.5. The number of nitrogens with zero attached hydrogens (tertiary/aromatic N) is 2. The average Bonchev–Trinajstić information content (AvgIpc) is 3.09. The predicted molar refractivity (Wildman–Crippen MR) is 109 cm³/mol. The van der Waals surface area contributed by atoms with Crippen molar-refractivity contribution in [3.8, 4) is 0 Å². The molecule has 2 fully saturated rings. The average molecular weight is 413 g/mol. The van der Waals surface area contributed by atoms with Crippen molar-refractivity contribution in [3.05, 3.63) is 29.3 Å².